The highest BCUT2D eigenvalue weighted by Gasteiger charge is 2.10. The largest absolute Gasteiger partial charge is 0.489 e. The van der Waals surface area contributed by atoms with E-state index in [9.17, 15) is 0 Å². The number of nitrogen functional groups attached to an aromatic ring is 1. The maximum Gasteiger partial charge on any atom is 0.150 e. The topological polar surface area (TPSA) is 73.9 Å². The van der Waals surface area contributed by atoms with Crippen molar-refractivity contribution in [2.45, 2.75) is 20.0 Å². The second-order valence-corrected chi connectivity index (χ2v) is 5.02. The van der Waals surface area contributed by atoms with Gasteiger partial charge in [0.2, 0.25) is 0 Å². The van der Waals surface area contributed by atoms with Gasteiger partial charge in [0, 0.05) is 11.8 Å². The molecule has 21 heavy (non-hydrogen) atoms. The molecule has 0 spiro atoms. The standard InChI is InChI=1S/C16H16N4O/c1-10(2)21-12-7-11(8-18-9-12)15-16(17)20-14-6-4-3-5-13(14)19-15/h3-10H,1-2H3,(H2,17,20). The van der Waals surface area contributed by atoms with Gasteiger partial charge in [0.25, 0.3) is 0 Å². The maximum atomic E-state index is 6.03. The molecule has 5 heteroatoms. The molecule has 0 aliphatic heterocycles. The minimum atomic E-state index is 0.0853. The Morgan fingerprint density at radius 1 is 1.05 bits per heavy atom. The predicted octanol–water partition coefficient (Wildman–Crippen LogP) is 3.06. The molecule has 0 unspecified atom stereocenters. The lowest BCUT2D eigenvalue weighted by molar-refractivity contribution is 0.241. The first-order valence-corrected chi connectivity index (χ1v) is 6.78. The molecule has 0 saturated carbocycles. The number of rotatable bonds is 3. The molecular weight excluding hydrogens is 264 g/mol. The Morgan fingerprint density at radius 3 is 2.48 bits per heavy atom. The van der Waals surface area contributed by atoms with Crippen LogP contribution in [0.3, 0.4) is 0 Å². The van der Waals surface area contributed by atoms with E-state index in [0.717, 1.165) is 16.6 Å². The normalized spacial score (nSPS) is 11.0. The van der Waals surface area contributed by atoms with Gasteiger partial charge in [0.1, 0.15) is 11.4 Å². The quantitative estimate of drug-likeness (QED) is 0.798. The lowest BCUT2D eigenvalue weighted by Gasteiger charge is -2.11. The van der Waals surface area contributed by atoms with Crippen LogP contribution in [0.25, 0.3) is 22.3 Å². The molecule has 0 atom stereocenters. The van der Waals surface area contributed by atoms with Gasteiger partial charge in [-0.1, -0.05) is 12.1 Å². The Labute approximate surface area is 122 Å². The van der Waals surface area contributed by atoms with Crippen LogP contribution in [-0.2, 0) is 0 Å². The number of pyridine rings is 1. The highest BCUT2D eigenvalue weighted by molar-refractivity contribution is 5.82. The van der Waals surface area contributed by atoms with Crippen molar-refractivity contribution in [1.82, 2.24) is 15.0 Å². The van der Waals surface area contributed by atoms with Crippen LogP contribution in [0.4, 0.5) is 5.82 Å². The van der Waals surface area contributed by atoms with E-state index in [2.05, 4.69) is 15.0 Å². The molecule has 0 bridgehead atoms. The van der Waals surface area contributed by atoms with E-state index in [4.69, 9.17) is 10.5 Å². The van der Waals surface area contributed by atoms with Crippen molar-refractivity contribution in [3.05, 3.63) is 42.7 Å². The smallest absolute Gasteiger partial charge is 0.150 e. The number of anilines is 1. The summed E-state index contributed by atoms with van der Waals surface area (Å²) in [6.45, 7) is 3.94. The summed E-state index contributed by atoms with van der Waals surface area (Å²) in [5, 5.41) is 0. The minimum Gasteiger partial charge on any atom is -0.489 e. The van der Waals surface area contributed by atoms with E-state index in [1.807, 2.05) is 44.2 Å². The summed E-state index contributed by atoms with van der Waals surface area (Å²) >= 11 is 0. The average Bonchev–Trinajstić information content (AvgIpc) is 2.46. The zero-order valence-electron chi connectivity index (χ0n) is 11.9. The zero-order chi connectivity index (χ0) is 14.8. The van der Waals surface area contributed by atoms with E-state index in [1.165, 1.54) is 0 Å². The van der Waals surface area contributed by atoms with Crippen molar-refractivity contribution in [3.8, 4) is 17.0 Å². The third kappa shape index (κ3) is 2.76. The summed E-state index contributed by atoms with van der Waals surface area (Å²) in [7, 11) is 0. The Balaban J connectivity index is 2.09. The van der Waals surface area contributed by atoms with Gasteiger partial charge in [-0.15, -0.1) is 0 Å². The van der Waals surface area contributed by atoms with Crippen LogP contribution in [0.2, 0.25) is 0 Å². The highest BCUT2D eigenvalue weighted by Crippen LogP contribution is 2.27. The van der Waals surface area contributed by atoms with E-state index in [1.54, 1.807) is 12.4 Å². The van der Waals surface area contributed by atoms with E-state index < -0.39 is 0 Å². The van der Waals surface area contributed by atoms with Gasteiger partial charge in [-0.25, -0.2) is 9.97 Å². The molecule has 0 radical (unpaired) electrons. The van der Waals surface area contributed by atoms with Crippen molar-refractivity contribution >= 4 is 16.9 Å². The molecule has 0 saturated heterocycles. The fourth-order valence-corrected chi connectivity index (χ4v) is 2.11. The van der Waals surface area contributed by atoms with Gasteiger partial charge in [-0.3, -0.25) is 4.98 Å². The first kappa shape index (κ1) is 13.3. The second-order valence-electron chi connectivity index (χ2n) is 5.02. The number of para-hydroxylation sites is 2. The number of benzene rings is 1. The number of fused-ring (bicyclic) bond motifs is 1. The molecule has 5 nitrogen and oxygen atoms in total. The van der Waals surface area contributed by atoms with E-state index in [-0.39, 0.29) is 6.10 Å². The third-order valence-corrected chi connectivity index (χ3v) is 2.96. The van der Waals surface area contributed by atoms with Crippen LogP contribution in [-0.4, -0.2) is 21.1 Å². The lowest BCUT2D eigenvalue weighted by atomic mass is 10.2. The van der Waals surface area contributed by atoms with Crippen LogP contribution < -0.4 is 10.5 Å². The van der Waals surface area contributed by atoms with Gasteiger partial charge >= 0.3 is 0 Å². The SMILES string of the molecule is CC(C)Oc1cncc(-c2nc3ccccc3nc2N)c1. The number of ether oxygens (including phenoxy) is 1. The van der Waals surface area contributed by atoms with Crippen LogP contribution in [0.1, 0.15) is 13.8 Å². The molecule has 0 aliphatic carbocycles. The molecular formula is C16H16N4O. The Morgan fingerprint density at radius 2 is 1.76 bits per heavy atom. The van der Waals surface area contributed by atoms with Gasteiger partial charge in [-0.2, -0.15) is 0 Å². The Hall–Kier alpha value is -2.69. The van der Waals surface area contributed by atoms with E-state index in [0.29, 0.717) is 17.3 Å². The number of nitrogens with two attached hydrogens (primary N) is 1. The summed E-state index contributed by atoms with van der Waals surface area (Å²) in [5.41, 5.74) is 9.03. The molecule has 0 fully saturated rings. The Kier molecular flexibility index (Phi) is 3.39. The summed E-state index contributed by atoms with van der Waals surface area (Å²) in [5.74, 6) is 1.08. The third-order valence-electron chi connectivity index (χ3n) is 2.96. The highest BCUT2D eigenvalue weighted by atomic mass is 16.5. The van der Waals surface area contributed by atoms with Crippen LogP contribution in [0.5, 0.6) is 5.75 Å². The monoisotopic (exact) mass is 280 g/mol. The molecule has 106 valence electrons. The van der Waals surface area contributed by atoms with Gasteiger partial charge < -0.3 is 10.5 Å². The van der Waals surface area contributed by atoms with Crippen molar-refractivity contribution in [2.24, 2.45) is 0 Å². The first-order valence-electron chi connectivity index (χ1n) is 6.78. The van der Waals surface area contributed by atoms with Crippen LogP contribution >= 0.6 is 0 Å². The fourth-order valence-electron chi connectivity index (χ4n) is 2.11. The minimum absolute atomic E-state index is 0.0853. The summed E-state index contributed by atoms with van der Waals surface area (Å²) in [4.78, 5) is 13.2. The van der Waals surface area contributed by atoms with Gasteiger partial charge in [-0.05, 0) is 32.0 Å². The fraction of sp³-hybridized carbons (Fsp3) is 0.188. The van der Waals surface area contributed by atoms with Crippen molar-refractivity contribution < 1.29 is 4.74 Å². The van der Waals surface area contributed by atoms with Crippen molar-refractivity contribution in [1.29, 1.82) is 0 Å². The van der Waals surface area contributed by atoms with Crippen LogP contribution in [0, 0.1) is 0 Å². The number of aromatic nitrogens is 3. The number of nitrogens with zero attached hydrogens (tertiary/aromatic N) is 3. The van der Waals surface area contributed by atoms with Crippen molar-refractivity contribution in [2.75, 3.05) is 5.73 Å². The van der Waals surface area contributed by atoms with Crippen molar-refractivity contribution in [3.63, 3.8) is 0 Å². The first-order chi connectivity index (χ1) is 10.1. The lowest BCUT2D eigenvalue weighted by Crippen LogP contribution is -2.06. The molecule has 2 heterocycles. The Bertz CT molecular complexity index is 786. The summed E-state index contributed by atoms with van der Waals surface area (Å²) in [6, 6.07) is 9.51. The molecule has 2 N–H and O–H groups in total. The van der Waals surface area contributed by atoms with Crippen LogP contribution in [0.15, 0.2) is 42.7 Å². The summed E-state index contributed by atoms with van der Waals surface area (Å²) < 4.78 is 5.65. The molecule has 0 amide bonds. The molecule has 1 aromatic carbocycles. The average molecular weight is 280 g/mol. The number of hydrogen-bond acceptors (Lipinski definition) is 5. The number of hydrogen-bond donors (Lipinski definition) is 1. The second kappa shape index (κ2) is 5.36. The molecule has 2 aromatic heterocycles. The predicted molar refractivity (Wildman–Crippen MR) is 82.9 cm³/mol. The zero-order valence-corrected chi connectivity index (χ0v) is 11.9. The summed E-state index contributed by atoms with van der Waals surface area (Å²) in [6.07, 6.45) is 3.47. The molecule has 0 aliphatic rings. The molecule has 3 aromatic rings. The van der Waals surface area contributed by atoms with Gasteiger partial charge in [0.15, 0.2) is 5.82 Å². The maximum absolute atomic E-state index is 6.03. The molecule has 3 rings (SSSR count). The van der Waals surface area contributed by atoms with Gasteiger partial charge in [0.05, 0.1) is 23.3 Å². The van der Waals surface area contributed by atoms with E-state index >= 15 is 0 Å².